The fraction of sp³-hybridized carbons (Fsp3) is 0.714. The van der Waals surface area contributed by atoms with Crippen molar-refractivity contribution in [1.82, 2.24) is 4.90 Å². The third kappa shape index (κ3) is 2.55. The smallest absolute Gasteiger partial charge is 0.122 e. The average Bonchev–Trinajstić information content (AvgIpc) is 3.20. The summed E-state index contributed by atoms with van der Waals surface area (Å²) in [5, 5.41) is 0. The maximum absolute atomic E-state index is 5.97. The molecule has 1 unspecified atom stereocenters. The third-order valence-electron chi connectivity index (χ3n) is 3.89. The van der Waals surface area contributed by atoms with E-state index in [0.717, 1.165) is 23.5 Å². The third-order valence-corrected chi connectivity index (χ3v) is 3.89. The summed E-state index contributed by atoms with van der Waals surface area (Å²) >= 11 is 0. The molecule has 1 atom stereocenters. The molecule has 2 aliphatic carbocycles. The molecule has 2 saturated carbocycles. The van der Waals surface area contributed by atoms with Crippen molar-refractivity contribution in [1.29, 1.82) is 0 Å². The molecule has 1 aromatic rings. The van der Waals surface area contributed by atoms with Crippen LogP contribution in [-0.4, -0.2) is 24.0 Å². The minimum atomic E-state index is 0.289. The topological polar surface area (TPSA) is 42.4 Å². The first-order valence-corrected chi connectivity index (χ1v) is 6.80. The lowest BCUT2D eigenvalue weighted by molar-refractivity contribution is 0.161. The van der Waals surface area contributed by atoms with Crippen LogP contribution in [0.3, 0.4) is 0 Å². The Morgan fingerprint density at radius 1 is 1.35 bits per heavy atom. The van der Waals surface area contributed by atoms with Crippen LogP contribution in [0.1, 0.15) is 43.2 Å². The Kier molecular flexibility index (Phi) is 2.97. The fourth-order valence-corrected chi connectivity index (χ4v) is 2.58. The second-order valence-corrected chi connectivity index (χ2v) is 5.57. The Bertz CT molecular complexity index is 379. The van der Waals surface area contributed by atoms with Gasteiger partial charge >= 0.3 is 0 Å². The van der Waals surface area contributed by atoms with Crippen molar-refractivity contribution in [3.63, 3.8) is 0 Å². The van der Waals surface area contributed by atoms with Crippen molar-refractivity contribution >= 4 is 0 Å². The van der Waals surface area contributed by atoms with E-state index in [1.807, 2.05) is 13.0 Å². The second-order valence-electron chi connectivity index (χ2n) is 5.57. The van der Waals surface area contributed by atoms with Crippen LogP contribution >= 0.6 is 0 Å². The molecule has 0 amide bonds. The van der Waals surface area contributed by atoms with Crippen LogP contribution in [0, 0.1) is 12.8 Å². The quantitative estimate of drug-likeness (QED) is 0.822. The highest BCUT2D eigenvalue weighted by molar-refractivity contribution is 5.12. The van der Waals surface area contributed by atoms with Crippen LogP contribution in [0.15, 0.2) is 16.5 Å². The number of furan rings is 1. The molecule has 0 spiro atoms. The number of hydrogen-bond acceptors (Lipinski definition) is 3. The lowest BCUT2D eigenvalue weighted by Crippen LogP contribution is -2.36. The van der Waals surface area contributed by atoms with Gasteiger partial charge in [0.1, 0.15) is 11.5 Å². The van der Waals surface area contributed by atoms with E-state index in [1.165, 1.54) is 32.2 Å². The molecule has 1 heterocycles. The summed E-state index contributed by atoms with van der Waals surface area (Å²) in [7, 11) is 0. The fourth-order valence-electron chi connectivity index (χ4n) is 2.58. The van der Waals surface area contributed by atoms with Crippen LogP contribution in [-0.2, 0) is 0 Å². The van der Waals surface area contributed by atoms with Crippen molar-refractivity contribution in [2.45, 2.75) is 44.7 Å². The van der Waals surface area contributed by atoms with Crippen molar-refractivity contribution in [3.8, 4) is 0 Å². The van der Waals surface area contributed by atoms with Gasteiger partial charge in [-0.05, 0) is 50.7 Å². The number of nitrogens with zero attached hydrogens (tertiary/aromatic N) is 1. The second kappa shape index (κ2) is 4.46. The monoisotopic (exact) mass is 234 g/mol. The summed E-state index contributed by atoms with van der Waals surface area (Å²) in [5.74, 6) is 2.96. The molecule has 17 heavy (non-hydrogen) atoms. The molecule has 0 aromatic carbocycles. The van der Waals surface area contributed by atoms with E-state index >= 15 is 0 Å². The molecule has 2 aliphatic rings. The summed E-state index contributed by atoms with van der Waals surface area (Å²) in [4.78, 5) is 2.59. The Balaban J connectivity index is 1.75. The van der Waals surface area contributed by atoms with E-state index < -0.39 is 0 Å². The maximum Gasteiger partial charge on any atom is 0.122 e. The van der Waals surface area contributed by atoms with Gasteiger partial charge in [0.2, 0.25) is 0 Å². The summed E-state index contributed by atoms with van der Waals surface area (Å²) < 4.78 is 5.78. The largest absolute Gasteiger partial charge is 0.465 e. The Labute approximate surface area is 103 Å². The number of rotatable bonds is 6. The Morgan fingerprint density at radius 3 is 2.59 bits per heavy atom. The van der Waals surface area contributed by atoms with Gasteiger partial charge in [0.15, 0.2) is 0 Å². The van der Waals surface area contributed by atoms with E-state index in [9.17, 15) is 0 Å². The van der Waals surface area contributed by atoms with Crippen molar-refractivity contribution < 1.29 is 4.42 Å². The highest BCUT2D eigenvalue weighted by Crippen LogP contribution is 2.39. The van der Waals surface area contributed by atoms with Gasteiger partial charge in [0, 0.05) is 19.1 Å². The van der Waals surface area contributed by atoms with Gasteiger partial charge in [0.05, 0.1) is 6.04 Å². The molecule has 1 aromatic heterocycles. The summed E-state index contributed by atoms with van der Waals surface area (Å²) in [6.07, 6.45) is 5.47. The SMILES string of the molecule is Cc1ccc(C(CN)N(CC2CC2)C2CC2)o1. The summed E-state index contributed by atoms with van der Waals surface area (Å²) in [6.45, 7) is 3.88. The molecule has 0 radical (unpaired) electrons. The number of nitrogens with two attached hydrogens (primary N) is 1. The zero-order valence-corrected chi connectivity index (χ0v) is 10.6. The molecular weight excluding hydrogens is 212 g/mol. The normalized spacial score (nSPS) is 22.1. The predicted molar refractivity (Wildman–Crippen MR) is 67.7 cm³/mol. The van der Waals surface area contributed by atoms with Crippen molar-refractivity contribution in [2.24, 2.45) is 11.7 Å². The standard InChI is InChI=1S/C14H22N2O/c1-10-2-7-14(17-10)13(8-15)16(12-5-6-12)9-11-3-4-11/h2,7,11-13H,3-6,8-9,15H2,1H3. The molecule has 3 nitrogen and oxygen atoms in total. The van der Waals surface area contributed by atoms with Crippen molar-refractivity contribution in [3.05, 3.63) is 23.7 Å². The van der Waals surface area contributed by atoms with Gasteiger partial charge in [-0.25, -0.2) is 0 Å². The first-order valence-electron chi connectivity index (χ1n) is 6.80. The van der Waals surface area contributed by atoms with Crippen LogP contribution in [0.5, 0.6) is 0 Å². The van der Waals surface area contributed by atoms with Gasteiger partial charge in [0.25, 0.3) is 0 Å². The highest BCUT2D eigenvalue weighted by Gasteiger charge is 2.38. The van der Waals surface area contributed by atoms with Gasteiger partial charge in [-0.15, -0.1) is 0 Å². The first-order chi connectivity index (χ1) is 8.28. The molecule has 0 bridgehead atoms. The van der Waals surface area contributed by atoms with Crippen molar-refractivity contribution in [2.75, 3.05) is 13.1 Å². The summed E-state index contributed by atoms with van der Waals surface area (Å²) in [6, 6.07) is 5.18. The van der Waals surface area contributed by atoms with Crippen LogP contribution in [0.4, 0.5) is 0 Å². The Morgan fingerprint density at radius 2 is 2.12 bits per heavy atom. The highest BCUT2D eigenvalue weighted by atomic mass is 16.3. The molecule has 0 saturated heterocycles. The number of aryl methyl sites for hydroxylation is 1. The molecule has 3 heteroatoms. The lowest BCUT2D eigenvalue weighted by atomic mass is 10.1. The lowest BCUT2D eigenvalue weighted by Gasteiger charge is -2.29. The zero-order valence-electron chi connectivity index (χ0n) is 10.6. The maximum atomic E-state index is 5.97. The zero-order chi connectivity index (χ0) is 11.8. The van der Waals surface area contributed by atoms with Gasteiger partial charge < -0.3 is 10.2 Å². The van der Waals surface area contributed by atoms with E-state index in [0.29, 0.717) is 6.54 Å². The van der Waals surface area contributed by atoms with E-state index in [-0.39, 0.29) is 6.04 Å². The number of hydrogen-bond donors (Lipinski definition) is 1. The molecule has 2 fully saturated rings. The average molecular weight is 234 g/mol. The molecule has 0 aliphatic heterocycles. The first kappa shape index (κ1) is 11.3. The summed E-state index contributed by atoms with van der Waals surface area (Å²) in [5.41, 5.74) is 5.97. The van der Waals surface area contributed by atoms with Crippen LogP contribution in [0.2, 0.25) is 0 Å². The predicted octanol–water partition coefficient (Wildman–Crippen LogP) is 2.46. The van der Waals surface area contributed by atoms with Crippen LogP contribution < -0.4 is 5.73 Å². The minimum absolute atomic E-state index is 0.289. The van der Waals surface area contributed by atoms with Crippen LogP contribution in [0.25, 0.3) is 0 Å². The Hall–Kier alpha value is -0.800. The van der Waals surface area contributed by atoms with Gasteiger partial charge in [-0.2, -0.15) is 0 Å². The molecular formula is C14H22N2O. The van der Waals surface area contributed by atoms with Gasteiger partial charge in [-0.1, -0.05) is 0 Å². The van der Waals surface area contributed by atoms with E-state index in [2.05, 4.69) is 11.0 Å². The molecule has 3 rings (SSSR count). The van der Waals surface area contributed by atoms with E-state index in [4.69, 9.17) is 10.2 Å². The van der Waals surface area contributed by atoms with E-state index in [1.54, 1.807) is 0 Å². The molecule has 94 valence electrons. The molecule has 2 N–H and O–H groups in total. The van der Waals surface area contributed by atoms with Gasteiger partial charge in [-0.3, -0.25) is 4.90 Å². The minimum Gasteiger partial charge on any atom is -0.465 e.